The summed E-state index contributed by atoms with van der Waals surface area (Å²) in [6.45, 7) is -2.85. The maximum Gasteiger partial charge on any atom is 0.387 e. The van der Waals surface area contributed by atoms with Crippen LogP contribution in [0.4, 0.5) is 8.78 Å². The van der Waals surface area contributed by atoms with Crippen LogP contribution in [-0.4, -0.2) is 21.5 Å². The molecule has 0 amide bonds. The van der Waals surface area contributed by atoms with Crippen LogP contribution in [0.25, 0.3) is 11.4 Å². The summed E-state index contributed by atoms with van der Waals surface area (Å²) in [5.41, 5.74) is 1.64. The molecule has 2 aromatic carbocycles. The molecule has 0 fully saturated rings. The molecular formula is C16H13BrF2N4OS. The predicted octanol–water partition coefficient (Wildman–Crippen LogP) is 4.32. The van der Waals surface area contributed by atoms with Gasteiger partial charge in [0.2, 0.25) is 5.16 Å². The number of nitrogens with zero attached hydrogens (tertiary/aromatic N) is 3. The quantitative estimate of drug-likeness (QED) is 0.469. The van der Waals surface area contributed by atoms with Gasteiger partial charge in [-0.3, -0.25) is 0 Å². The number of ether oxygens (including phenoxy) is 1. The first kappa shape index (κ1) is 17.7. The van der Waals surface area contributed by atoms with Crippen molar-refractivity contribution >= 4 is 27.7 Å². The van der Waals surface area contributed by atoms with E-state index in [4.69, 9.17) is 5.84 Å². The number of thioether (sulfide) groups is 1. The molecule has 0 spiro atoms. The summed E-state index contributed by atoms with van der Waals surface area (Å²) in [7, 11) is 0. The lowest BCUT2D eigenvalue weighted by Gasteiger charge is -2.07. The Morgan fingerprint density at radius 3 is 2.72 bits per heavy atom. The molecule has 0 bridgehead atoms. The van der Waals surface area contributed by atoms with E-state index in [1.54, 1.807) is 12.1 Å². The fourth-order valence-corrected chi connectivity index (χ4v) is 3.42. The van der Waals surface area contributed by atoms with E-state index in [1.807, 2.05) is 30.3 Å². The van der Waals surface area contributed by atoms with E-state index < -0.39 is 6.61 Å². The lowest BCUT2D eigenvalue weighted by atomic mass is 10.2. The van der Waals surface area contributed by atoms with E-state index in [0.717, 1.165) is 15.6 Å². The van der Waals surface area contributed by atoms with Crippen LogP contribution in [0.3, 0.4) is 0 Å². The molecule has 1 heterocycles. The van der Waals surface area contributed by atoms with Crippen LogP contribution >= 0.6 is 27.7 Å². The summed E-state index contributed by atoms with van der Waals surface area (Å²) in [5.74, 6) is 7.24. The molecule has 3 aromatic rings. The van der Waals surface area contributed by atoms with Crippen molar-refractivity contribution in [1.82, 2.24) is 14.9 Å². The zero-order chi connectivity index (χ0) is 17.8. The SMILES string of the molecule is Nn1c(SCc2cccc(OC(F)F)c2)nnc1-c1ccccc1Br. The predicted molar refractivity (Wildman–Crippen MR) is 95.9 cm³/mol. The minimum atomic E-state index is -2.85. The average Bonchev–Trinajstić information content (AvgIpc) is 2.94. The molecule has 0 radical (unpaired) electrons. The Hall–Kier alpha value is -2.13. The highest BCUT2D eigenvalue weighted by molar-refractivity contribution is 9.10. The van der Waals surface area contributed by atoms with Crippen LogP contribution in [-0.2, 0) is 5.75 Å². The molecule has 0 saturated carbocycles. The number of hydrogen-bond donors (Lipinski definition) is 1. The number of halogens is 3. The first-order valence-electron chi connectivity index (χ1n) is 7.16. The molecule has 0 unspecified atom stereocenters. The Balaban J connectivity index is 1.74. The van der Waals surface area contributed by atoms with Crippen molar-refractivity contribution < 1.29 is 13.5 Å². The maximum atomic E-state index is 12.3. The van der Waals surface area contributed by atoms with Crippen molar-refractivity contribution in [3.63, 3.8) is 0 Å². The molecular weight excluding hydrogens is 414 g/mol. The highest BCUT2D eigenvalue weighted by Crippen LogP contribution is 2.29. The van der Waals surface area contributed by atoms with Gasteiger partial charge in [-0.15, -0.1) is 10.2 Å². The molecule has 0 aliphatic heterocycles. The van der Waals surface area contributed by atoms with Gasteiger partial charge in [0.15, 0.2) is 5.82 Å². The van der Waals surface area contributed by atoms with Crippen molar-refractivity contribution in [3.8, 4) is 17.1 Å². The molecule has 25 heavy (non-hydrogen) atoms. The second-order valence-electron chi connectivity index (χ2n) is 4.97. The highest BCUT2D eigenvalue weighted by Gasteiger charge is 2.14. The smallest absolute Gasteiger partial charge is 0.387 e. The molecule has 130 valence electrons. The lowest BCUT2D eigenvalue weighted by Crippen LogP contribution is -2.11. The average molecular weight is 427 g/mol. The van der Waals surface area contributed by atoms with Crippen LogP contribution in [0.5, 0.6) is 5.75 Å². The molecule has 0 saturated heterocycles. The molecule has 5 nitrogen and oxygen atoms in total. The molecule has 0 aliphatic carbocycles. The van der Waals surface area contributed by atoms with Gasteiger partial charge >= 0.3 is 6.61 Å². The third-order valence-corrected chi connectivity index (χ3v) is 4.98. The van der Waals surface area contributed by atoms with Gasteiger partial charge in [0, 0.05) is 15.8 Å². The first-order valence-corrected chi connectivity index (χ1v) is 8.94. The van der Waals surface area contributed by atoms with Gasteiger partial charge in [-0.25, -0.2) is 4.68 Å². The van der Waals surface area contributed by atoms with Crippen LogP contribution in [0.1, 0.15) is 5.56 Å². The summed E-state index contributed by atoms with van der Waals surface area (Å²) in [4.78, 5) is 0. The Kier molecular flexibility index (Phi) is 5.54. The fourth-order valence-electron chi connectivity index (χ4n) is 2.16. The molecule has 2 N–H and O–H groups in total. The minimum Gasteiger partial charge on any atom is -0.435 e. The molecule has 3 rings (SSSR count). The van der Waals surface area contributed by atoms with E-state index in [1.165, 1.54) is 22.5 Å². The number of benzene rings is 2. The van der Waals surface area contributed by atoms with Crippen LogP contribution in [0.2, 0.25) is 0 Å². The maximum absolute atomic E-state index is 12.3. The second-order valence-corrected chi connectivity index (χ2v) is 6.77. The van der Waals surface area contributed by atoms with Crippen molar-refractivity contribution in [2.45, 2.75) is 17.5 Å². The summed E-state index contributed by atoms with van der Waals surface area (Å²) in [6.07, 6.45) is 0. The number of nitrogens with two attached hydrogens (primary N) is 1. The van der Waals surface area contributed by atoms with E-state index in [9.17, 15) is 8.78 Å². The summed E-state index contributed by atoms with van der Waals surface area (Å²) in [5, 5.41) is 8.75. The molecule has 0 aliphatic rings. The topological polar surface area (TPSA) is 66.0 Å². The van der Waals surface area contributed by atoms with E-state index in [2.05, 4.69) is 30.9 Å². The van der Waals surface area contributed by atoms with Crippen molar-refractivity contribution in [3.05, 3.63) is 58.6 Å². The Morgan fingerprint density at radius 2 is 1.96 bits per heavy atom. The highest BCUT2D eigenvalue weighted by atomic mass is 79.9. The third-order valence-electron chi connectivity index (χ3n) is 3.27. The van der Waals surface area contributed by atoms with Crippen molar-refractivity contribution in [2.24, 2.45) is 0 Å². The zero-order valence-electron chi connectivity index (χ0n) is 12.8. The monoisotopic (exact) mass is 426 g/mol. The Labute approximate surface area is 155 Å². The summed E-state index contributed by atoms with van der Waals surface area (Å²) < 4.78 is 31.2. The number of rotatable bonds is 6. The summed E-state index contributed by atoms with van der Waals surface area (Å²) >= 11 is 4.82. The second kappa shape index (κ2) is 7.83. The zero-order valence-corrected chi connectivity index (χ0v) is 15.2. The molecule has 0 atom stereocenters. The number of hydrogen-bond acceptors (Lipinski definition) is 5. The van der Waals surface area contributed by atoms with Gasteiger partial charge < -0.3 is 10.6 Å². The Morgan fingerprint density at radius 1 is 1.16 bits per heavy atom. The lowest BCUT2D eigenvalue weighted by molar-refractivity contribution is -0.0498. The molecule has 9 heteroatoms. The van der Waals surface area contributed by atoms with Crippen molar-refractivity contribution in [2.75, 3.05) is 5.84 Å². The standard InChI is InChI=1S/C16H13BrF2N4OS/c17-13-7-2-1-6-12(13)14-21-22-16(23(14)20)25-9-10-4-3-5-11(8-10)24-15(18)19/h1-8,15H,9,20H2. The third kappa shape index (κ3) is 4.29. The number of aromatic nitrogens is 3. The Bertz CT molecular complexity index is 875. The van der Waals surface area contributed by atoms with E-state index in [0.29, 0.717) is 16.7 Å². The molecule has 1 aromatic heterocycles. The van der Waals surface area contributed by atoms with Gasteiger partial charge in [-0.1, -0.05) is 52.0 Å². The van der Waals surface area contributed by atoms with Crippen LogP contribution in [0, 0.1) is 0 Å². The van der Waals surface area contributed by atoms with Crippen LogP contribution in [0.15, 0.2) is 58.2 Å². The van der Waals surface area contributed by atoms with Gasteiger partial charge in [0.1, 0.15) is 5.75 Å². The van der Waals surface area contributed by atoms with Gasteiger partial charge in [-0.2, -0.15) is 8.78 Å². The summed E-state index contributed by atoms with van der Waals surface area (Å²) in [6, 6.07) is 14.1. The first-order chi connectivity index (χ1) is 12.0. The van der Waals surface area contributed by atoms with E-state index >= 15 is 0 Å². The number of nitrogen functional groups attached to an aromatic ring is 1. The van der Waals surface area contributed by atoms with Gasteiger partial charge in [0.05, 0.1) is 0 Å². The minimum absolute atomic E-state index is 0.122. The van der Waals surface area contributed by atoms with E-state index in [-0.39, 0.29) is 5.75 Å². The fraction of sp³-hybridized carbons (Fsp3) is 0.125. The van der Waals surface area contributed by atoms with Gasteiger partial charge in [0.25, 0.3) is 0 Å². The van der Waals surface area contributed by atoms with Gasteiger partial charge in [-0.05, 0) is 29.8 Å². The number of alkyl halides is 2. The normalized spacial score (nSPS) is 11.0. The van der Waals surface area contributed by atoms with Crippen molar-refractivity contribution in [1.29, 1.82) is 0 Å². The largest absolute Gasteiger partial charge is 0.435 e. The van der Waals surface area contributed by atoms with Crippen LogP contribution < -0.4 is 10.6 Å².